The van der Waals surface area contributed by atoms with Gasteiger partial charge in [-0.3, -0.25) is 9.78 Å². The van der Waals surface area contributed by atoms with Crippen LogP contribution in [-0.2, 0) is 0 Å². The molecule has 20 heavy (non-hydrogen) atoms. The number of carbonyl (C=O) groups is 1. The highest BCUT2D eigenvalue weighted by Gasteiger charge is 2.21. The van der Waals surface area contributed by atoms with Crippen LogP contribution in [0, 0.1) is 11.3 Å². The van der Waals surface area contributed by atoms with E-state index in [1.54, 1.807) is 20.0 Å². The zero-order chi connectivity index (χ0) is 15.9. The van der Waals surface area contributed by atoms with Crippen LogP contribution < -0.4 is 5.32 Å². The Morgan fingerprint density at radius 2 is 2.00 bits per heavy atom. The molecular weight excluding hydrogens is 274 g/mol. The second kappa shape index (κ2) is 7.86. The van der Waals surface area contributed by atoms with Crippen LogP contribution in [-0.4, -0.2) is 16.4 Å². The van der Waals surface area contributed by atoms with Crippen molar-refractivity contribution in [2.75, 3.05) is 0 Å². The second-order valence-electron chi connectivity index (χ2n) is 4.94. The average molecular weight is 296 g/mol. The maximum Gasteiger partial charge on any atom is 0.271 e. The van der Waals surface area contributed by atoms with Crippen molar-refractivity contribution in [1.82, 2.24) is 10.3 Å². The molecular formula is C15H22ClN3O. The van der Waals surface area contributed by atoms with Crippen LogP contribution in [0.3, 0.4) is 0 Å². The van der Waals surface area contributed by atoms with Crippen molar-refractivity contribution in [3.63, 3.8) is 0 Å². The fraction of sp³-hybridized carbons (Fsp3) is 0.533. The van der Waals surface area contributed by atoms with Gasteiger partial charge in [-0.25, -0.2) is 0 Å². The molecule has 0 bridgehead atoms. The van der Waals surface area contributed by atoms with E-state index in [1.807, 2.05) is 33.8 Å². The first-order valence-corrected chi connectivity index (χ1v) is 7.04. The molecule has 0 aliphatic carbocycles. The Kier molecular flexibility index (Phi) is 7.23. The van der Waals surface area contributed by atoms with Gasteiger partial charge in [0.15, 0.2) is 0 Å². The summed E-state index contributed by atoms with van der Waals surface area (Å²) in [6.45, 7) is 11.2. The van der Waals surface area contributed by atoms with Gasteiger partial charge < -0.3 is 5.32 Å². The first kappa shape index (κ1) is 18.4. The molecule has 0 saturated heterocycles. The van der Waals surface area contributed by atoms with E-state index in [1.165, 1.54) is 6.07 Å². The lowest BCUT2D eigenvalue weighted by atomic mass is 10.0. The summed E-state index contributed by atoms with van der Waals surface area (Å²) in [4.78, 5) is 15.9. The zero-order valence-corrected chi connectivity index (χ0v) is 13.7. The molecule has 110 valence electrons. The SMILES string of the molecule is CC.CC(C)c1cnc(C(=O)NC(C)(C)C#N)cc1Cl. The number of nitriles is 1. The zero-order valence-electron chi connectivity index (χ0n) is 12.9. The number of nitrogens with one attached hydrogen (secondary N) is 1. The number of hydrogen-bond acceptors (Lipinski definition) is 3. The van der Waals surface area contributed by atoms with Crippen LogP contribution in [0.1, 0.15) is 63.5 Å². The molecule has 1 heterocycles. The lowest BCUT2D eigenvalue weighted by Crippen LogP contribution is -2.42. The Hall–Kier alpha value is -1.60. The Labute approximate surface area is 126 Å². The largest absolute Gasteiger partial charge is 0.333 e. The van der Waals surface area contributed by atoms with E-state index in [2.05, 4.69) is 10.3 Å². The number of halogens is 1. The summed E-state index contributed by atoms with van der Waals surface area (Å²) in [5, 5.41) is 11.9. The molecule has 1 amide bonds. The number of aromatic nitrogens is 1. The minimum absolute atomic E-state index is 0.215. The van der Waals surface area contributed by atoms with Gasteiger partial charge in [-0.05, 0) is 31.4 Å². The van der Waals surface area contributed by atoms with Crippen LogP contribution >= 0.6 is 11.6 Å². The van der Waals surface area contributed by atoms with E-state index >= 15 is 0 Å². The summed E-state index contributed by atoms with van der Waals surface area (Å²) in [6.07, 6.45) is 1.60. The maximum absolute atomic E-state index is 11.9. The Morgan fingerprint density at radius 1 is 1.45 bits per heavy atom. The Bertz CT molecular complexity index is 504. The predicted molar refractivity (Wildman–Crippen MR) is 81.8 cm³/mol. The second-order valence-corrected chi connectivity index (χ2v) is 5.34. The minimum atomic E-state index is -0.929. The summed E-state index contributed by atoms with van der Waals surface area (Å²) < 4.78 is 0. The van der Waals surface area contributed by atoms with Crippen LogP contribution in [0.5, 0.6) is 0 Å². The lowest BCUT2D eigenvalue weighted by molar-refractivity contribution is 0.0924. The predicted octanol–water partition coefficient (Wildman–Crippen LogP) is 3.92. The summed E-state index contributed by atoms with van der Waals surface area (Å²) in [5.41, 5.74) is 0.183. The number of amides is 1. The van der Waals surface area contributed by atoms with E-state index in [4.69, 9.17) is 16.9 Å². The monoisotopic (exact) mass is 295 g/mol. The Balaban J connectivity index is 0.00000172. The number of pyridine rings is 1. The third-order valence-electron chi connectivity index (χ3n) is 2.44. The molecule has 1 aromatic rings. The van der Waals surface area contributed by atoms with Gasteiger partial charge in [0.2, 0.25) is 0 Å². The maximum atomic E-state index is 11.9. The van der Waals surface area contributed by atoms with Gasteiger partial charge in [0, 0.05) is 11.2 Å². The van der Waals surface area contributed by atoms with E-state index in [9.17, 15) is 4.79 Å². The fourth-order valence-electron chi connectivity index (χ4n) is 1.37. The number of hydrogen-bond donors (Lipinski definition) is 1. The van der Waals surface area contributed by atoms with E-state index in [-0.39, 0.29) is 11.6 Å². The molecule has 4 nitrogen and oxygen atoms in total. The van der Waals surface area contributed by atoms with E-state index < -0.39 is 11.4 Å². The molecule has 0 saturated carbocycles. The molecule has 0 fully saturated rings. The Morgan fingerprint density at radius 3 is 2.40 bits per heavy atom. The van der Waals surface area contributed by atoms with Crippen molar-refractivity contribution in [2.45, 2.75) is 53.0 Å². The standard InChI is InChI=1S/C13H16ClN3O.C2H6/c1-8(2)9-6-16-11(5-10(9)14)12(18)17-13(3,4)7-15;1-2/h5-6,8H,1-4H3,(H,17,18);1-2H3. The van der Waals surface area contributed by atoms with Gasteiger partial charge in [0.1, 0.15) is 11.2 Å². The highest BCUT2D eigenvalue weighted by Crippen LogP contribution is 2.23. The van der Waals surface area contributed by atoms with Crippen LogP contribution in [0.15, 0.2) is 12.3 Å². The minimum Gasteiger partial charge on any atom is -0.333 e. The molecule has 0 atom stereocenters. The van der Waals surface area contributed by atoms with Crippen molar-refractivity contribution in [3.05, 3.63) is 28.5 Å². The van der Waals surface area contributed by atoms with Crippen LogP contribution in [0.4, 0.5) is 0 Å². The van der Waals surface area contributed by atoms with Crippen molar-refractivity contribution >= 4 is 17.5 Å². The molecule has 0 spiro atoms. The molecule has 0 aromatic carbocycles. The highest BCUT2D eigenvalue weighted by atomic mass is 35.5. The third kappa shape index (κ3) is 5.18. The van der Waals surface area contributed by atoms with Gasteiger partial charge in [0.05, 0.1) is 6.07 Å². The number of nitrogens with zero attached hydrogens (tertiary/aromatic N) is 2. The quantitative estimate of drug-likeness (QED) is 0.919. The van der Waals surface area contributed by atoms with E-state index in [0.717, 1.165) is 5.56 Å². The van der Waals surface area contributed by atoms with Gasteiger partial charge in [-0.2, -0.15) is 5.26 Å². The van der Waals surface area contributed by atoms with Gasteiger partial charge in [-0.1, -0.05) is 39.3 Å². The van der Waals surface area contributed by atoms with Crippen LogP contribution in [0.25, 0.3) is 0 Å². The molecule has 1 rings (SSSR count). The van der Waals surface area contributed by atoms with Gasteiger partial charge >= 0.3 is 0 Å². The topological polar surface area (TPSA) is 65.8 Å². The highest BCUT2D eigenvalue weighted by molar-refractivity contribution is 6.31. The molecule has 1 aromatic heterocycles. The summed E-state index contributed by atoms with van der Waals surface area (Å²) in [5.74, 6) is -0.156. The lowest BCUT2D eigenvalue weighted by Gasteiger charge is -2.17. The normalized spacial score (nSPS) is 10.3. The number of rotatable bonds is 3. The first-order chi connectivity index (χ1) is 9.26. The van der Waals surface area contributed by atoms with Crippen LogP contribution in [0.2, 0.25) is 5.02 Å². The molecule has 5 heteroatoms. The molecule has 0 unspecified atom stereocenters. The molecule has 0 aliphatic rings. The van der Waals surface area contributed by atoms with Crippen molar-refractivity contribution in [3.8, 4) is 6.07 Å². The fourth-order valence-corrected chi connectivity index (χ4v) is 1.74. The number of carbonyl (C=O) groups excluding carboxylic acids is 1. The smallest absolute Gasteiger partial charge is 0.271 e. The average Bonchev–Trinajstić information content (AvgIpc) is 2.40. The summed E-state index contributed by atoms with van der Waals surface area (Å²) >= 11 is 6.09. The molecule has 0 aliphatic heterocycles. The van der Waals surface area contributed by atoms with Crippen molar-refractivity contribution in [1.29, 1.82) is 5.26 Å². The summed E-state index contributed by atoms with van der Waals surface area (Å²) in [6, 6.07) is 3.52. The van der Waals surface area contributed by atoms with Crippen molar-refractivity contribution < 1.29 is 4.79 Å². The van der Waals surface area contributed by atoms with Gasteiger partial charge in [0.25, 0.3) is 5.91 Å². The van der Waals surface area contributed by atoms with Gasteiger partial charge in [-0.15, -0.1) is 0 Å². The molecule has 1 N–H and O–H groups in total. The van der Waals surface area contributed by atoms with Crippen molar-refractivity contribution in [2.24, 2.45) is 0 Å². The molecule has 0 radical (unpaired) electrons. The first-order valence-electron chi connectivity index (χ1n) is 6.66. The summed E-state index contributed by atoms with van der Waals surface area (Å²) in [7, 11) is 0. The van der Waals surface area contributed by atoms with E-state index in [0.29, 0.717) is 5.02 Å². The third-order valence-corrected chi connectivity index (χ3v) is 2.77.